The van der Waals surface area contributed by atoms with Crippen molar-refractivity contribution < 1.29 is 13.2 Å². The van der Waals surface area contributed by atoms with E-state index < -0.39 is 10.0 Å². The molecule has 1 saturated heterocycles. The average molecular weight is 385 g/mol. The molecule has 1 aliphatic heterocycles. The number of thioether (sulfide) groups is 1. The Hall–Kier alpha value is -1.05. The van der Waals surface area contributed by atoms with Gasteiger partial charge in [0.15, 0.2) is 0 Å². The summed E-state index contributed by atoms with van der Waals surface area (Å²) in [4.78, 5) is 15.4. The number of sulfonamides is 1. The standard InChI is InChI=1S/C18H28N2O3S2/c1-14-6-7-15(18(2,3)4)12-16(14)24-13-17(21)19-8-10-20(11-9-19)25(5,22)23/h6-7,12H,8-11,13H2,1-5H3. The molecule has 1 amide bonds. The highest BCUT2D eigenvalue weighted by Gasteiger charge is 2.26. The smallest absolute Gasteiger partial charge is 0.233 e. The number of carbonyl (C=O) groups excluding carboxylic acids is 1. The van der Waals surface area contributed by atoms with Crippen molar-refractivity contribution in [2.45, 2.75) is 38.0 Å². The largest absolute Gasteiger partial charge is 0.339 e. The molecule has 1 heterocycles. The summed E-state index contributed by atoms with van der Waals surface area (Å²) in [5, 5.41) is 0. The summed E-state index contributed by atoms with van der Waals surface area (Å²) in [7, 11) is -3.16. The topological polar surface area (TPSA) is 57.7 Å². The van der Waals surface area contributed by atoms with Crippen LogP contribution in [0.2, 0.25) is 0 Å². The van der Waals surface area contributed by atoms with Crippen LogP contribution in [-0.4, -0.2) is 61.7 Å². The number of hydrogen-bond donors (Lipinski definition) is 0. The van der Waals surface area contributed by atoms with E-state index in [-0.39, 0.29) is 11.3 Å². The monoisotopic (exact) mass is 384 g/mol. The van der Waals surface area contributed by atoms with Gasteiger partial charge in [-0.1, -0.05) is 32.9 Å². The second-order valence-electron chi connectivity index (χ2n) is 7.56. The van der Waals surface area contributed by atoms with E-state index in [9.17, 15) is 13.2 Å². The van der Waals surface area contributed by atoms with E-state index in [1.54, 1.807) is 16.7 Å². The lowest BCUT2D eigenvalue weighted by molar-refractivity contribution is -0.129. The third-order valence-electron chi connectivity index (χ3n) is 4.47. The van der Waals surface area contributed by atoms with Crippen molar-refractivity contribution in [3.8, 4) is 0 Å². The number of hydrogen-bond acceptors (Lipinski definition) is 4. The number of benzene rings is 1. The molecule has 0 aliphatic carbocycles. The zero-order valence-corrected chi connectivity index (χ0v) is 17.3. The van der Waals surface area contributed by atoms with E-state index in [2.05, 4.69) is 45.9 Å². The van der Waals surface area contributed by atoms with Gasteiger partial charge in [-0.15, -0.1) is 11.8 Å². The van der Waals surface area contributed by atoms with Crippen LogP contribution in [0.5, 0.6) is 0 Å². The van der Waals surface area contributed by atoms with Gasteiger partial charge >= 0.3 is 0 Å². The molecule has 1 aliphatic rings. The van der Waals surface area contributed by atoms with E-state index in [4.69, 9.17) is 0 Å². The highest BCUT2D eigenvalue weighted by Crippen LogP contribution is 2.30. The first-order valence-electron chi connectivity index (χ1n) is 8.45. The fourth-order valence-corrected chi connectivity index (χ4v) is 4.52. The SMILES string of the molecule is Cc1ccc(C(C)(C)C)cc1SCC(=O)N1CCN(S(C)(=O)=O)CC1. The fourth-order valence-electron chi connectivity index (χ4n) is 2.72. The lowest BCUT2D eigenvalue weighted by Gasteiger charge is -2.33. The minimum atomic E-state index is -3.16. The maximum atomic E-state index is 12.5. The van der Waals surface area contributed by atoms with Crippen LogP contribution in [0.1, 0.15) is 31.9 Å². The maximum Gasteiger partial charge on any atom is 0.233 e. The number of carbonyl (C=O) groups is 1. The zero-order valence-electron chi connectivity index (χ0n) is 15.7. The molecule has 0 saturated carbocycles. The molecule has 0 unspecified atom stereocenters. The Morgan fingerprint density at radius 1 is 1.16 bits per heavy atom. The molecule has 1 fully saturated rings. The molecular formula is C18H28N2O3S2. The molecular weight excluding hydrogens is 356 g/mol. The van der Waals surface area contributed by atoms with Crippen LogP contribution in [-0.2, 0) is 20.2 Å². The lowest BCUT2D eigenvalue weighted by Crippen LogP contribution is -2.50. The molecule has 7 heteroatoms. The normalized spacial score (nSPS) is 16.9. The van der Waals surface area contributed by atoms with E-state index in [0.717, 1.165) is 4.90 Å². The van der Waals surface area contributed by atoms with Crippen molar-refractivity contribution in [1.82, 2.24) is 9.21 Å². The zero-order chi connectivity index (χ0) is 18.8. The highest BCUT2D eigenvalue weighted by atomic mass is 32.2. The van der Waals surface area contributed by atoms with E-state index in [1.807, 2.05) is 0 Å². The minimum absolute atomic E-state index is 0.0683. The molecule has 2 rings (SSSR count). The summed E-state index contributed by atoms with van der Waals surface area (Å²) in [6.07, 6.45) is 1.21. The molecule has 1 aromatic rings. The Balaban J connectivity index is 1.95. The van der Waals surface area contributed by atoms with Gasteiger partial charge in [0.25, 0.3) is 0 Å². The summed E-state index contributed by atoms with van der Waals surface area (Å²) in [6, 6.07) is 6.43. The number of amides is 1. The number of piperazine rings is 1. The summed E-state index contributed by atoms with van der Waals surface area (Å²) in [5.41, 5.74) is 2.51. The Kier molecular flexibility index (Phi) is 6.22. The Morgan fingerprint density at radius 2 is 1.76 bits per heavy atom. The van der Waals surface area contributed by atoms with Gasteiger partial charge in [0.2, 0.25) is 15.9 Å². The van der Waals surface area contributed by atoms with Gasteiger partial charge in [-0.05, 0) is 29.5 Å². The Labute approximate surface area is 155 Å². The molecule has 5 nitrogen and oxygen atoms in total. The second kappa shape index (κ2) is 7.68. The van der Waals surface area contributed by atoms with Gasteiger partial charge in [0, 0.05) is 31.1 Å². The molecule has 0 bridgehead atoms. The third-order valence-corrected chi connectivity index (χ3v) is 6.91. The van der Waals surface area contributed by atoms with E-state index >= 15 is 0 Å². The van der Waals surface area contributed by atoms with Crippen LogP contribution >= 0.6 is 11.8 Å². The summed E-state index contributed by atoms with van der Waals surface area (Å²) in [5.74, 6) is 0.451. The third kappa shape index (κ3) is 5.46. The molecule has 0 aromatic heterocycles. The second-order valence-corrected chi connectivity index (χ2v) is 10.6. The van der Waals surface area contributed by atoms with Gasteiger partial charge in [0.1, 0.15) is 0 Å². The molecule has 0 radical (unpaired) electrons. The molecule has 0 N–H and O–H groups in total. The predicted octanol–water partition coefficient (Wildman–Crippen LogP) is 2.49. The fraction of sp³-hybridized carbons (Fsp3) is 0.611. The van der Waals surface area contributed by atoms with Crippen molar-refractivity contribution in [1.29, 1.82) is 0 Å². The Morgan fingerprint density at radius 3 is 2.28 bits per heavy atom. The van der Waals surface area contributed by atoms with Crippen LogP contribution in [0, 0.1) is 6.92 Å². The molecule has 0 atom stereocenters. The average Bonchev–Trinajstić information content (AvgIpc) is 2.52. The van der Waals surface area contributed by atoms with Gasteiger partial charge in [-0.3, -0.25) is 4.79 Å². The molecule has 1 aromatic carbocycles. The lowest BCUT2D eigenvalue weighted by atomic mass is 9.87. The van der Waals surface area contributed by atoms with Crippen LogP contribution in [0.3, 0.4) is 0 Å². The molecule has 140 valence electrons. The Bertz CT molecular complexity index is 731. The van der Waals surface area contributed by atoms with Gasteiger partial charge in [0.05, 0.1) is 12.0 Å². The summed E-state index contributed by atoms with van der Waals surface area (Å²) >= 11 is 1.56. The van der Waals surface area contributed by atoms with Crippen LogP contribution < -0.4 is 0 Å². The first-order chi connectivity index (χ1) is 11.5. The maximum absolute atomic E-state index is 12.5. The number of rotatable bonds is 4. The number of nitrogens with zero attached hydrogens (tertiary/aromatic N) is 2. The first kappa shape index (κ1) is 20.3. The molecule has 0 spiro atoms. The van der Waals surface area contributed by atoms with Crippen molar-refractivity contribution in [2.75, 3.05) is 38.2 Å². The van der Waals surface area contributed by atoms with Gasteiger partial charge < -0.3 is 4.90 Å². The molecule has 25 heavy (non-hydrogen) atoms. The number of aryl methyl sites for hydroxylation is 1. The summed E-state index contributed by atoms with van der Waals surface area (Å²) in [6.45, 7) is 10.3. The minimum Gasteiger partial charge on any atom is -0.339 e. The first-order valence-corrected chi connectivity index (χ1v) is 11.3. The van der Waals surface area contributed by atoms with Crippen LogP contribution in [0.25, 0.3) is 0 Å². The van der Waals surface area contributed by atoms with Crippen molar-refractivity contribution in [3.63, 3.8) is 0 Å². The summed E-state index contributed by atoms with van der Waals surface area (Å²) < 4.78 is 24.5. The van der Waals surface area contributed by atoms with Gasteiger partial charge in [-0.25, -0.2) is 8.42 Å². The quantitative estimate of drug-likeness (QED) is 0.749. The van der Waals surface area contributed by atoms with Crippen LogP contribution in [0.4, 0.5) is 0 Å². The van der Waals surface area contributed by atoms with Crippen molar-refractivity contribution in [2.24, 2.45) is 0 Å². The van der Waals surface area contributed by atoms with E-state index in [0.29, 0.717) is 31.9 Å². The van der Waals surface area contributed by atoms with Crippen LogP contribution in [0.15, 0.2) is 23.1 Å². The predicted molar refractivity (Wildman–Crippen MR) is 104 cm³/mol. The van der Waals surface area contributed by atoms with Crippen molar-refractivity contribution >= 4 is 27.7 Å². The van der Waals surface area contributed by atoms with E-state index in [1.165, 1.54) is 21.7 Å². The van der Waals surface area contributed by atoms with Gasteiger partial charge in [-0.2, -0.15) is 4.31 Å². The highest BCUT2D eigenvalue weighted by molar-refractivity contribution is 8.00. The van der Waals surface area contributed by atoms with Crippen molar-refractivity contribution in [3.05, 3.63) is 29.3 Å².